The van der Waals surface area contributed by atoms with Crippen molar-refractivity contribution in [3.8, 4) is 0 Å². The van der Waals surface area contributed by atoms with Gasteiger partial charge in [0.15, 0.2) is 0 Å². The van der Waals surface area contributed by atoms with Crippen LogP contribution < -0.4 is 10.2 Å². The molecule has 3 aromatic rings. The topological polar surface area (TPSA) is 49.4 Å². The van der Waals surface area contributed by atoms with Gasteiger partial charge >= 0.3 is 0 Å². The largest absolute Gasteiger partial charge is 0.343 e. The Balaban J connectivity index is 1.44. The van der Waals surface area contributed by atoms with E-state index < -0.39 is 0 Å². The molecule has 1 N–H and O–H groups in total. The monoisotopic (exact) mass is 330 g/mol. The summed E-state index contributed by atoms with van der Waals surface area (Å²) in [5.74, 6) is -0.314. The zero-order chi connectivity index (χ0) is 17.2. The molecule has 0 atom stereocenters. The first-order chi connectivity index (χ1) is 12.2. The molecule has 0 unspecified atom stereocenters. The lowest BCUT2D eigenvalue weighted by molar-refractivity contribution is -0.117. The standard InChI is InChI=1S/C21H18N2O2/c24-20(23-12-11-16-6-3-4-8-19(16)23)14-22-21(25)18-10-9-15-5-1-2-7-17(15)13-18/h1-10,13H,11-12,14H2,(H,22,25). The van der Waals surface area contributed by atoms with Gasteiger partial charge in [0, 0.05) is 17.8 Å². The molecule has 0 aromatic heterocycles. The summed E-state index contributed by atoms with van der Waals surface area (Å²) in [7, 11) is 0. The van der Waals surface area contributed by atoms with E-state index in [-0.39, 0.29) is 18.4 Å². The molecule has 1 aliphatic heterocycles. The molecule has 3 aromatic carbocycles. The van der Waals surface area contributed by atoms with E-state index in [1.807, 2.05) is 60.7 Å². The van der Waals surface area contributed by atoms with E-state index in [1.54, 1.807) is 11.0 Å². The molecule has 0 saturated heterocycles. The van der Waals surface area contributed by atoms with Crippen LogP contribution in [0.5, 0.6) is 0 Å². The number of hydrogen-bond donors (Lipinski definition) is 1. The Hall–Kier alpha value is -3.14. The number of nitrogens with zero attached hydrogens (tertiary/aromatic N) is 1. The van der Waals surface area contributed by atoms with Gasteiger partial charge in [-0.1, -0.05) is 48.5 Å². The number of benzene rings is 3. The molecule has 4 rings (SSSR count). The maximum absolute atomic E-state index is 12.5. The Bertz CT molecular complexity index is 965. The minimum Gasteiger partial charge on any atom is -0.343 e. The van der Waals surface area contributed by atoms with Crippen molar-refractivity contribution >= 4 is 28.3 Å². The van der Waals surface area contributed by atoms with Gasteiger partial charge in [0.2, 0.25) is 5.91 Å². The average Bonchev–Trinajstić information content (AvgIpc) is 3.09. The lowest BCUT2D eigenvalue weighted by Crippen LogP contribution is -2.39. The van der Waals surface area contributed by atoms with Gasteiger partial charge in [0.25, 0.3) is 5.91 Å². The third-order valence-electron chi connectivity index (χ3n) is 4.60. The Morgan fingerprint density at radius 1 is 0.920 bits per heavy atom. The second-order valence-corrected chi connectivity index (χ2v) is 6.17. The van der Waals surface area contributed by atoms with Crippen LogP contribution in [0.1, 0.15) is 15.9 Å². The van der Waals surface area contributed by atoms with Crippen LogP contribution in [0.25, 0.3) is 10.8 Å². The fraction of sp³-hybridized carbons (Fsp3) is 0.143. The highest BCUT2D eigenvalue weighted by atomic mass is 16.2. The van der Waals surface area contributed by atoms with Gasteiger partial charge in [-0.3, -0.25) is 9.59 Å². The quantitative estimate of drug-likeness (QED) is 0.802. The Kier molecular flexibility index (Phi) is 3.94. The van der Waals surface area contributed by atoms with Crippen molar-refractivity contribution in [1.29, 1.82) is 0 Å². The molecule has 1 aliphatic rings. The highest BCUT2D eigenvalue weighted by Crippen LogP contribution is 2.27. The molecule has 25 heavy (non-hydrogen) atoms. The third kappa shape index (κ3) is 2.98. The summed E-state index contributed by atoms with van der Waals surface area (Å²) in [6.07, 6.45) is 0.862. The highest BCUT2D eigenvalue weighted by Gasteiger charge is 2.24. The Morgan fingerprint density at radius 3 is 2.56 bits per heavy atom. The van der Waals surface area contributed by atoms with E-state index in [4.69, 9.17) is 0 Å². The van der Waals surface area contributed by atoms with E-state index >= 15 is 0 Å². The smallest absolute Gasteiger partial charge is 0.251 e. The van der Waals surface area contributed by atoms with Crippen LogP contribution in [0.15, 0.2) is 66.7 Å². The summed E-state index contributed by atoms with van der Waals surface area (Å²) in [4.78, 5) is 26.6. The lowest BCUT2D eigenvalue weighted by atomic mass is 10.1. The molecule has 0 saturated carbocycles. The van der Waals surface area contributed by atoms with Crippen LogP contribution in [-0.2, 0) is 11.2 Å². The summed E-state index contributed by atoms with van der Waals surface area (Å²) in [5.41, 5.74) is 2.69. The molecule has 124 valence electrons. The normalized spacial score (nSPS) is 12.9. The van der Waals surface area contributed by atoms with Crippen molar-refractivity contribution < 1.29 is 9.59 Å². The van der Waals surface area contributed by atoms with Gasteiger partial charge in [0.05, 0.1) is 6.54 Å². The van der Waals surface area contributed by atoms with Gasteiger partial charge < -0.3 is 10.2 Å². The molecule has 0 spiro atoms. The average molecular weight is 330 g/mol. The number of para-hydroxylation sites is 1. The molecule has 2 amide bonds. The Morgan fingerprint density at radius 2 is 1.68 bits per heavy atom. The van der Waals surface area contributed by atoms with Crippen LogP contribution in [-0.4, -0.2) is 24.9 Å². The van der Waals surface area contributed by atoms with Gasteiger partial charge in [0.1, 0.15) is 0 Å². The summed E-state index contributed by atoms with van der Waals surface area (Å²) in [5, 5.41) is 4.84. The van der Waals surface area contributed by atoms with E-state index in [1.165, 1.54) is 5.56 Å². The minimum atomic E-state index is -0.230. The molecule has 1 heterocycles. The molecule has 4 nitrogen and oxygen atoms in total. The fourth-order valence-corrected chi connectivity index (χ4v) is 3.28. The second kappa shape index (κ2) is 6.40. The zero-order valence-corrected chi connectivity index (χ0v) is 13.7. The van der Waals surface area contributed by atoms with Crippen molar-refractivity contribution in [3.63, 3.8) is 0 Å². The SMILES string of the molecule is O=C(NCC(=O)N1CCc2ccccc21)c1ccc2ccccc2c1. The van der Waals surface area contributed by atoms with E-state index in [0.29, 0.717) is 12.1 Å². The van der Waals surface area contributed by atoms with E-state index in [9.17, 15) is 9.59 Å². The maximum atomic E-state index is 12.5. The summed E-state index contributed by atoms with van der Waals surface area (Å²) in [6.45, 7) is 0.671. The van der Waals surface area contributed by atoms with Gasteiger partial charge in [-0.15, -0.1) is 0 Å². The zero-order valence-electron chi connectivity index (χ0n) is 13.7. The first-order valence-corrected chi connectivity index (χ1v) is 8.38. The van der Waals surface area contributed by atoms with Crippen molar-refractivity contribution in [2.24, 2.45) is 0 Å². The van der Waals surface area contributed by atoms with Crippen molar-refractivity contribution in [1.82, 2.24) is 5.32 Å². The first kappa shape index (κ1) is 15.4. The number of carbonyl (C=O) groups excluding carboxylic acids is 2. The van der Waals surface area contributed by atoms with Crippen LogP contribution in [0.4, 0.5) is 5.69 Å². The summed E-state index contributed by atoms with van der Waals surface area (Å²) in [6, 6.07) is 21.3. The molecular weight excluding hydrogens is 312 g/mol. The maximum Gasteiger partial charge on any atom is 0.251 e. The predicted molar refractivity (Wildman–Crippen MR) is 98.8 cm³/mol. The highest BCUT2D eigenvalue weighted by molar-refractivity contribution is 6.02. The third-order valence-corrected chi connectivity index (χ3v) is 4.60. The molecule has 0 aliphatic carbocycles. The van der Waals surface area contributed by atoms with E-state index in [0.717, 1.165) is 22.9 Å². The number of nitrogens with one attached hydrogen (secondary N) is 1. The van der Waals surface area contributed by atoms with Gasteiger partial charge in [-0.05, 0) is 41.0 Å². The molecule has 4 heteroatoms. The number of anilines is 1. The molecule has 0 radical (unpaired) electrons. The van der Waals surface area contributed by atoms with Crippen LogP contribution >= 0.6 is 0 Å². The molecule has 0 fully saturated rings. The van der Waals surface area contributed by atoms with Crippen molar-refractivity contribution in [3.05, 3.63) is 77.9 Å². The van der Waals surface area contributed by atoms with Gasteiger partial charge in [-0.2, -0.15) is 0 Å². The minimum absolute atomic E-state index is 0.00000551. The van der Waals surface area contributed by atoms with Crippen LogP contribution in [0, 0.1) is 0 Å². The summed E-state index contributed by atoms with van der Waals surface area (Å²) >= 11 is 0. The number of amides is 2. The number of rotatable bonds is 3. The van der Waals surface area contributed by atoms with E-state index in [2.05, 4.69) is 5.32 Å². The molecular formula is C21H18N2O2. The lowest BCUT2D eigenvalue weighted by Gasteiger charge is -2.17. The van der Waals surface area contributed by atoms with Crippen LogP contribution in [0.3, 0.4) is 0 Å². The Labute approximate surface area is 146 Å². The van der Waals surface area contributed by atoms with Crippen molar-refractivity contribution in [2.75, 3.05) is 18.0 Å². The summed E-state index contributed by atoms with van der Waals surface area (Å²) < 4.78 is 0. The van der Waals surface area contributed by atoms with Crippen molar-refractivity contribution in [2.45, 2.75) is 6.42 Å². The second-order valence-electron chi connectivity index (χ2n) is 6.17. The fourth-order valence-electron chi connectivity index (χ4n) is 3.28. The number of carbonyl (C=O) groups is 2. The number of hydrogen-bond acceptors (Lipinski definition) is 2. The van der Waals surface area contributed by atoms with Crippen LogP contribution in [0.2, 0.25) is 0 Å². The van der Waals surface area contributed by atoms with Gasteiger partial charge in [-0.25, -0.2) is 0 Å². The predicted octanol–water partition coefficient (Wildman–Crippen LogP) is 3.16. The molecule has 0 bridgehead atoms. The first-order valence-electron chi connectivity index (χ1n) is 8.38. The number of fused-ring (bicyclic) bond motifs is 2.